The highest BCUT2D eigenvalue weighted by atomic mass is 35.5. The fourth-order valence-corrected chi connectivity index (χ4v) is 1.39. The zero-order chi connectivity index (χ0) is 8.39. The maximum atomic E-state index is 5.56. The van der Waals surface area contributed by atoms with Crippen LogP contribution in [0.25, 0.3) is 0 Å². The smallest absolute Gasteiger partial charge is 0.0980 e. The van der Waals surface area contributed by atoms with Crippen molar-refractivity contribution < 1.29 is 4.74 Å². The maximum Gasteiger partial charge on any atom is 0.0980 e. The van der Waals surface area contributed by atoms with Crippen molar-refractivity contribution >= 4 is 12.4 Å². The summed E-state index contributed by atoms with van der Waals surface area (Å²) < 4.78 is 7.36. The second kappa shape index (κ2) is 4.60. The van der Waals surface area contributed by atoms with E-state index in [1.54, 1.807) is 4.68 Å². The Labute approximate surface area is 83.7 Å². The molecule has 0 saturated carbocycles. The van der Waals surface area contributed by atoms with Gasteiger partial charge in [0.1, 0.15) is 0 Å². The van der Waals surface area contributed by atoms with Crippen molar-refractivity contribution in [2.45, 2.75) is 6.10 Å². The number of aromatic nitrogens is 2. The number of aryl methyl sites for hydroxylation is 1. The largest absolute Gasteiger partial charge is 0.371 e. The van der Waals surface area contributed by atoms with Crippen LogP contribution in [0, 0.1) is 0 Å². The van der Waals surface area contributed by atoms with Gasteiger partial charge in [-0.1, -0.05) is 0 Å². The molecule has 2 heterocycles. The van der Waals surface area contributed by atoms with Crippen molar-refractivity contribution in [1.29, 1.82) is 0 Å². The molecule has 1 aromatic rings. The quantitative estimate of drug-likeness (QED) is 0.723. The van der Waals surface area contributed by atoms with E-state index in [0.717, 1.165) is 25.3 Å². The number of halogens is 1. The molecule has 1 atom stereocenters. The predicted molar refractivity (Wildman–Crippen MR) is 52.0 cm³/mol. The van der Waals surface area contributed by atoms with Crippen LogP contribution in [0.3, 0.4) is 0 Å². The van der Waals surface area contributed by atoms with E-state index in [0.29, 0.717) is 0 Å². The third-order valence-corrected chi connectivity index (χ3v) is 2.02. The van der Waals surface area contributed by atoms with Gasteiger partial charge in [-0.3, -0.25) is 4.68 Å². The lowest BCUT2D eigenvalue weighted by Crippen LogP contribution is -2.33. The summed E-state index contributed by atoms with van der Waals surface area (Å²) in [5.74, 6) is 0. The Bertz CT molecular complexity index is 258. The van der Waals surface area contributed by atoms with Crippen LogP contribution < -0.4 is 5.32 Å². The van der Waals surface area contributed by atoms with Gasteiger partial charge in [-0.15, -0.1) is 12.4 Å². The molecule has 0 aliphatic carbocycles. The lowest BCUT2D eigenvalue weighted by Gasteiger charge is -2.22. The fraction of sp³-hybridized carbons (Fsp3) is 0.625. The Hall–Kier alpha value is -0.580. The van der Waals surface area contributed by atoms with Crippen LogP contribution in [0.15, 0.2) is 12.4 Å². The lowest BCUT2D eigenvalue weighted by atomic mass is 10.2. The second-order valence-electron chi connectivity index (χ2n) is 3.01. The second-order valence-corrected chi connectivity index (χ2v) is 3.01. The topological polar surface area (TPSA) is 39.1 Å². The van der Waals surface area contributed by atoms with Gasteiger partial charge in [0.2, 0.25) is 0 Å². The molecule has 1 unspecified atom stereocenters. The molecule has 0 aromatic carbocycles. The average molecular weight is 204 g/mol. The van der Waals surface area contributed by atoms with Gasteiger partial charge in [0.15, 0.2) is 0 Å². The van der Waals surface area contributed by atoms with Crippen molar-refractivity contribution in [3.63, 3.8) is 0 Å². The Morgan fingerprint density at radius 1 is 1.69 bits per heavy atom. The molecular weight excluding hydrogens is 190 g/mol. The normalized spacial score (nSPS) is 22.4. The van der Waals surface area contributed by atoms with Gasteiger partial charge < -0.3 is 10.1 Å². The molecule has 1 aromatic heterocycles. The van der Waals surface area contributed by atoms with Crippen LogP contribution in [-0.2, 0) is 11.8 Å². The minimum atomic E-state index is 0. The first kappa shape index (κ1) is 10.5. The van der Waals surface area contributed by atoms with Gasteiger partial charge in [0, 0.05) is 31.9 Å². The maximum absolute atomic E-state index is 5.56. The molecule has 1 N–H and O–H groups in total. The molecule has 1 aliphatic rings. The van der Waals surface area contributed by atoms with Crippen LogP contribution >= 0.6 is 12.4 Å². The summed E-state index contributed by atoms with van der Waals surface area (Å²) in [6, 6.07) is 0. The molecule has 1 aliphatic heterocycles. The summed E-state index contributed by atoms with van der Waals surface area (Å²) >= 11 is 0. The van der Waals surface area contributed by atoms with E-state index in [4.69, 9.17) is 4.74 Å². The Balaban J connectivity index is 0.000000845. The number of morpholine rings is 1. The summed E-state index contributed by atoms with van der Waals surface area (Å²) in [6.07, 6.45) is 4.04. The molecular formula is C8H14ClN3O. The highest BCUT2D eigenvalue weighted by Gasteiger charge is 2.16. The van der Waals surface area contributed by atoms with E-state index in [1.807, 2.05) is 19.4 Å². The summed E-state index contributed by atoms with van der Waals surface area (Å²) in [7, 11) is 1.92. The van der Waals surface area contributed by atoms with E-state index in [9.17, 15) is 0 Å². The Morgan fingerprint density at radius 2 is 2.54 bits per heavy atom. The number of rotatable bonds is 1. The molecule has 0 spiro atoms. The van der Waals surface area contributed by atoms with Crippen molar-refractivity contribution in [1.82, 2.24) is 15.1 Å². The van der Waals surface area contributed by atoms with E-state index >= 15 is 0 Å². The average Bonchev–Trinajstić information content (AvgIpc) is 2.54. The monoisotopic (exact) mass is 203 g/mol. The van der Waals surface area contributed by atoms with Crippen LogP contribution in [0.2, 0.25) is 0 Å². The van der Waals surface area contributed by atoms with E-state index in [1.165, 1.54) is 0 Å². The molecule has 4 nitrogen and oxygen atoms in total. The van der Waals surface area contributed by atoms with Gasteiger partial charge >= 0.3 is 0 Å². The number of hydrogen-bond acceptors (Lipinski definition) is 3. The highest BCUT2D eigenvalue weighted by molar-refractivity contribution is 5.85. The zero-order valence-electron chi connectivity index (χ0n) is 7.56. The summed E-state index contributed by atoms with van der Waals surface area (Å²) in [5, 5.41) is 7.38. The molecule has 13 heavy (non-hydrogen) atoms. The van der Waals surface area contributed by atoms with Gasteiger partial charge in [-0.25, -0.2) is 0 Å². The van der Waals surface area contributed by atoms with Crippen LogP contribution in [-0.4, -0.2) is 29.5 Å². The molecule has 5 heteroatoms. The van der Waals surface area contributed by atoms with Crippen molar-refractivity contribution in [2.24, 2.45) is 7.05 Å². The first-order valence-corrected chi connectivity index (χ1v) is 4.17. The van der Waals surface area contributed by atoms with Gasteiger partial charge in [0.05, 0.1) is 18.9 Å². The van der Waals surface area contributed by atoms with E-state index < -0.39 is 0 Å². The molecule has 1 saturated heterocycles. The van der Waals surface area contributed by atoms with Crippen molar-refractivity contribution in [3.05, 3.63) is 18.0 Å². The molecule has 2 rings (SSSR count). The highest BCUT2D eigenvalue weighted by Crippen LogP contribution is 2.16. The third-order valence-electron chi connectivity index (χ3n) is 2.02. The van der Waals surface area contributed by atoms with E-state index in [-0.39, 0.29) is 18.5 Å². The van der Waals surface area contributed by atoms with Crippen molar-refractivity contribution in [3.8, 4) is 0 Å². The van der Waals surface area contributed by atoms with Gasteiger partial charge in [-0.05, 0) is 0 Å². The SMILES string of the molecule is Cl.Cn1cc(C2CNCCO2)cn1. The zero-order valence-corrected chi connectivity index (χ0v) is 8.38. The summed E-state index contributed by atoms with van der Waals surface area (Å²) in [5.41, 5.74) is 1.16. The Kier molecular flexibility index (Phi) is 3.71. The molecule has 0 radical (unpaired) electrons. The summed E-state index contributed by atoms with van der Waals surface area (Å²) in [6.45, 7) is 2.64. The van der Waals surface area contributed by atoms with E-state index in [2.05, 4.69) is 10.4 Å². The molecule has 74 valence electrons. The number of nitrogens with one attached hydrogen (secondary N) is 1. The third kappa shape index (κ3) is 2.43. The van der Waals surface area contributed by atoms with Gasteiger partial charge in [0.25, 0.3) is 0 Å². The summed E-state index contributed by atoms with van der Waals surface area (Å²) in [4.78, 5) is 0. The standard InChI is InChI=1S/C8H13N3O.ClH/c1-11-6-7(4-10-11)8-5-9-2-3-12-8;/h4,6,8-9H,2-3,5H2,1H3;1H. The first-order chi connectivity index (χ1) is 5.86. The predicted octanol–water partition coefficient (Wildman–Crippen LogP) is 0.503. The number of nitrogens with zero attached hydrogens (tertiary/aromatic N) is 2. The first-order valence-electron chi connectivity index (χ1n) is 4.17. The fourth-order valence-electron chi connectivity index (χ4n) is 1.39. The minimum Gasteiger partial charge on any atom is -0.371 e. The van der Waals surface area contributed by atoms with Gasteiger partial charge in [-0.2, -0.15) is 5.10 Å². The molecule has 0 amide bonds. The molecule has 1 fully saturated rings. The Morgan fingerprint density at radius 3 is 3.08 bits per heavy atom. The van der Waals surface area contributed by atoms with Crippen molar-refractivity contribution in [2.75, 3.05) is 19.7 Å². The van der Waals surface area contributed by atoms with Crippen LogP contribution in [0.4, 0.5) is 0 Å². The molecule has 0 bridgehead atoms. The lowest BCUT2D eigenvalue weighted by molar-refractivity contribution is 0.0276. The number of ether oxygens (including phenoxy) is 1. The minimum absolute atomic E-state index is 0. The van der Waals surface area contributed by atoms with Crippen LogP contribution in [0.1, 0.15) is 11.7 Å². The van der Waals surface area contributed by atoms with Crippen LogP contribution in [0.5, 0.6) is 0 Å². The number of hydrogen-bond donors (Lipinski definition) is 1.